The van der Waals surface area contributed by atoms with E-state index in [0.29, 0.717) is 22.3 Å². The third kappa shape index (κ3) is 9.20. The molecular weight excluding hydrogens is 533 g/mol. The van der Waals surface area contributed by atoms with E-state index in [1.165, 1.54) is 9.21 Å². The van der Waals surface area contributed by atoms with Crippen molar-refractivity contribution in [3.63, 3.8) is 0 Å². The fourth-order valence-electron chi connectivity index (χ4n) is 3.84. The zero-order valence-corrected chi connectivity index (χ0v) is 24.7. The van der Waals surface area contributed by atoms with Gasteiger partial charge in [0.2, 0.25) is 21.8 Å². The second-order valence-electron chi connectivity index (χ2n) is 9.81. The van der Waals surface area contributed by atoms with Gasteiger partial charge in [-0.05, 0) is 68.0 Å². The second kappa shape index (κ2) is 13.5. The highest BCUT2D eigenvalue weighted by Crippen LogP contribution is 2.26. The molecule has 0 fully saturated rings. The van der Waals surface area contributed by atoms with E-state index in [1.807, 2.05) is 45.9 Å². The minimum Gasteiger partial charge on any atom is -0.354 e. The summed E-state index contributed by atoms with van der Waals surface area (Å²) in [6.45, 7) is 10.2. The summed E-state index contributed by atoms with van der Waals surface area (Å²) in [6, 6.07) is 9.99. The molecule has 0 aromatic heterocycles. The molecule has 0 bridgehead atoms. The molecule has 10 heteroatoms. The first-order valence-corrected chi connectivity index (χ1v) is 14.9. The Hall–Kier alpha value is -2.29. The quantitative estimate of drug-likeness (QED) is 0.373. The Labute approximate surface area is 231 Å². The van der Waals surface area contributed by atoms with Crippen molar-refractivity contribution in [3.05, 3.63) is 63.1 Å². The highest BCUT2D eigenvalue weighted by Gasteiger charge is 2.27. The number of aryl methyl sites for hydroxylation is 2. The van der Waals surface area contributed by atoms with Gasteiger partial charge in [-0.15, -0.1) is 0 Å². The Morgan fingerprint density at radius 1 is 1.00 bits per heavy atom. The number of nitrogens with zero attached hydrogens (tertiary/aromatic N) is 2. The summed E-state index contributed by atoms with van der Waals surface area (Å²) in [4.78, 5) is 27.7. The van der Waals surface area contributed by atoms with Crippen LogP contribution in [0, 0.1) is 19.8 Å². The molecule has 2 aromatic rings. The predicted molar refractivity (Wildman–Crippen MR) is 152 cm³/mol. The van der Waals surface area contributed by atoms with Gasteiger partial charge in [-0.2, -0.15) is 0 Å². The molecule has 0 unspecified atom stereocenters. The molecule has 0 spiro atoms. The van der Waals surface area contributed by atoms with Gasteiger partial charge in [0.15, 0.2) is 0 Å². The largest absolute Gasteiger partial charge is 0.354 e. The average Bonchev–Trinajstić information content (AvgIpc) is 2.81. The first kappa shape index (κ1) is 30.9. The molecule has 37 heavy (non-hydrogen) atoms. The topological polar surface area (TPSA) is 86.8 Å². The molecule has 0 saturated carbocycles. The molecule has 0 radical (unpaired) electrons. The van der Waals surface area contributed by atoms with Crippen LogP contribution in [0.25, 0.3) is 0 Å². The van der Waals surface area contributed by atoms with E-state index in [-0.39, 0.29) is 43.7 Å². The molecule has 1 N–H and O–H groups in total. The fraction of sp³-hybridized carbons (Fsp3) is 0.481. The van der Waals surface area contributed by atoms with Crippen molar-refractivity contribution in [2.75, 3.05) is 23.7 Å². The van der Waals surface area contributed by atoms with Crippen molar-refractivity contribution in [1.29, 1.82) is 0 Å². The minimum absolute atomic E-state index is 0.0695. The van der Waals surface area contributed by atoms with Crippen LogP contribution >= 0.6 is 23.2 Å². The summed E-state index contributed by atoms with van der Waals surface area (Å²) in [5, 5.41) is 3.65. The summed E-state index contributed by atoms with van der Waals surface area (Å²) < 4.78 is 26.5. The lowest BCUT2D eigenvalue weighted by molar-refractivity contribution is -0.140. The maximum Gasteiger partial charge on any atom is 0.242 e. The number of sulfonamides is 1. The third-order valence-corrected chi connectivity index (χ3v) is 7.89. The Morgan fingerprint density at radius 2 is 1.68 bits per heavy atom. The van der Waals surface area contributed by atoms with E-state index >= 15 is 0 Å². The van der Waals surface area contributed by atoms with Gasteiger partial charge in [0.25, 0.3) is 0 Å². The zero-order valence-electron chi connectivity index (χ0n) is 22.3. The first-order valence-electron chi connectivity index (χ1n) is 12.3. The predicted octanol–water partition coefficient (Wildman–Crippen LogP) is 5.35. The summed E-state index contributed by atoms with van der Waals surface area (Å²) in [5.74, 6) is -0.245. The fourth-order valence-corrected chi connectivity index (χ4v) is 5.18. The monoisotopic (exact) mass is 569 g/mol. The Morgan fingerprint density at radius 3 is 2.27 bits per heavy atom. The zero-order chi connectivity index (χ0) is 27.9. The summed E-state index contributed by atoms with van der Waals surface area (Å²) in [7, 11) is -3.56. The molecule has 2 rings (SSSR count). The summed E-state index contributed by atoms with van der Waals surface area (Å²) >= 11 is 12.2. The summed E-state index contributed by atoms with van der Waals surface area (Å²) in [6.07, 6.45) is 1.52. The molecule has 2 aromatic carbocycles. The molecule has 0 aliphatic carbocycles. The molecule has 204 valence electrons. The van der Waals surface area contributed by atoms with Crippen LogP contribution in [0.1, 0.15) is 50.3 Å². The minimum atomic E-state index is -3.56. The maximum absolute atomic E-state index is 13.4. The number of anilines is 1. The molecule has 2 amide bonds. The highest BCUT2D eigenvalue weighted by molar-refractivity contribution is 7.92. The number of halogens is 2. The van der Waals surface area contributed by atoms with Gasteiger partial charge in [-0.1, -0.05) is 55.2 Å². The van der Waals surface area contributed by atoms with Crippen molar-refractivity contribution in [2.24, 2.45) is 5.92 Å². The first-order chi connectivity index (χ1) is 17.2. The number of hydrogen-bond acceptors (Lipinski definition) is 4. The lowest BCUT2D eigenvalue weighted by Gasteiger charge is -2.30. The van der Waals surface area contributed by atoms with E-state index in [9.17, 15) is 18.0 Å². The number of rotatable bonds is 12. The molecule has 7 nitrogen and oxygen atoms in total. The normalized spacial score (nSPS) is 12.4. The van der Waals surface area contributed by atoms with E-state index in [4.69, 9.17) is 23.2 Å². The Kier molecular flexibility index (Phi) is 11.3. The van der Waals surface area contributed by atoms with Gasteiger partial charge in [0.1, 0.15) is 6.04 Å². The van der Waals surface area contributed by atoms with E-state index in [2.05, 4.69) is 5.32 Å². The van der Waals surface area contributed by atoms with Gasteiger partial charge in [0, 0.05) is 26.1 Å². The standard InChI is InChI=1S/C27H37Cl2N3O4S/c1-18(2)16-30-27(34)21(5)31(17-22-11-12-23(28)24(29)15-22)26(33)8-7-13-32(37(6,35)36)25-14-19(3)9-10-20(25)4/h9-12,14-15,18,21H,7-8,13,16-17H2,1-6H3,(H,30,34)/t21-/m0/s1. The number of hydrogen-bond donors (Lipinski definition) is 1. The van der Waals surface area contributed by atoms with Crippen molar-refractivity contribution < 1.29 is 18.0 Å². The van der Waals surface area contributed by atoms with Gasteiger partial charge in [0.05, 0.1) is 22.0 Å². The van der Waals surface area contributed by atoms with Crippen LogP contribution in [0.2, 0.25) is 10.0 Å². The van der Waals surface area contributed by atoms with E-state index in [0.717, 1.165) is 22.9 Å². The van der Waals surface area contributed by atoms with Crippen LogP contribution in [0.15, 0.2) is 36.4 Å². The molecule has 0 saturated heterocycles. The van der Waals surface area contributed by atoms with E-state index in [1.54, 1.807) is 25.1 Å². The van der Waals surface area contributed by atoms with Crippen LogP contribution in [-0.2, 0) is 26.2 Å². The highest BCUT2D eigenvalue weighted by atomic mass is 35.5. The van der Waals surface area contributed by atoms with Crippen molar-refractivity contribution in [2.45, 2.75) is 60.0 Å². The molecule has 1 atom stereocenters. The van der Waals surface area contributed by atoms with Crippen LogP contribution in [0.5, 0.6) is 0 Å². The Bertz CT molecular complexity index is 1220. The molecular formula is C27H37Cl2N3O4S. The number of nitrogens with one attached hydrogen (secondary N) is 1. The third-order valence-electron chi connectivity index (χ3n) is 5.97. The molecule has 0 aliphatic rings. The lowest BCUT2D eigenvalue weighted by atomic mass is 10.1. The van der Waals surface area contributed by atoms with Crippen LogP contribution in [0.4, 0.5) is 5.69 Å². The lowest BCUT2D eigenvalue weighted by Crippen LogP contribution is -2.48. The maximum atomic E-state index is 13.4. The molecule has 0 heterocycles. The number of carbonyl (C=O) groups excluding carboxylic acids is 2. The number of benzene rings is 2. The van der Waals surface area contributed by atoms with Crippen LogP contribution in [-0.4, -0.2) is 50.5 Å². The van der Waals surface area contributed by atoms with E-state index < -0.39 is 16.1 Å². The van der Waals surface area contributed by atoms with Crippen LogP contribution in [0.3, 0.4) is 0 Å². The molecule has 0 aliphatic heterocycles. The SMILES string of the molecule is Cc1ccc(C)c(N(CCCC(=O)N(Cc2ccc(Cl)c(Cl)c2)[C@@H](C)C(=O)NCC(C)C)S(C)(=O)=O)c1. The second-order valence-corrected chi connectivity index (χ2v) is 12.5. The van der Waals surface area contributed by atoms with Crippen LogP contribution < -0.4 is 9.62 Å². The Balaban J connectivity index is 2.22. The number of carbonyl (C=O) groups is 2. The number of amides is 2. The van der Waals surface area contributed by atoms with Crippen molar-refractivity contribution >= 4 is 50.7 Å². The smallest absolute Gasteiger partial charge is 0.242 e. The summed E-state index contributed by atoms with van der Waals surface area (Å²) in [5.41, 5.74) is 3.11. The average molecular weight is 571 g/mol. The van der Waals surface area contributed by atoms with Crippen molar-refractivity contribution in [3.8, 4) is 0 Å². The van der Waals surface area contributed by atoms with Gasteiger partial charge >= 0.3 is 0 Å². The van der Waals surface area contributed by atoms with Gasteiger partial charge in [-0.25, -0.2) is 8.42 Å². The van der Waals surface area contributed by atoms with Crippen molar-refractivity contribution in [1.82, 2.24) is 10.2 Å². The van der Waals surface area contributed by atoms with Gasteiger partial charge < -0.3 is 10.2 Å². The van der Waals surface area contributed by atoms with Gasteiger partial charge in [-0.3, -0.25) is 13.9 Å².